The van der Waals surface area contributed by atoms with Crippen LogP contribution in [0.15, 0.2) is 60.9 Å². The molecule has 0 spiro atoms. The molecule has 2 aromatic carbocycles. The number of nitro benzene ring substituents is 1. The Morgan fingerprint density at radius 2 is 1.82 bits per heavy atom. The number of hydrogen-bond acceptors (Lipinski definition) is 9. The van der Waals surface area contributed by atoms with Gasteiger partial charge in [-0.05, 0) is 11.6 Å². The standard InChI is InChI=1S/C21H16N6O7/c28-16(29)10-26-12-22-17-18(26)23-20(25-21(30)33-11-13-6-2-1-3-7-13)24-19(17)34-15-9-5-4-8-14(15)27(31)32/h1-9,12H,10-11H2,(H,28,29)(H,23,24,25,30). The average Bonchev–Trinajstić information content (AvgIpc) is 3.21. The van der Waals surface area contributed by atoms with Gasteiger partial charge in [-0.15, -0.1) is 0 Å². The molecule has 13 heteroatoms. The van der Waals surface area contributed by atoms with Gasteiger partial charge < -0.3 is 19.1 Å². The first-order valence-electron chi connectivity index (χ1n) is 9.74. The molecule has 0 radical (unpaired) electrons. The van der Waals surface area contributed by atoms with Gasteiger partial charge in [0.25, 0.3) is 5.88 Å². The first-order chi connectivity index (χ1) is 16.4. The van der Waals surface area contributed by atoms with Crippen molar-refractivity contribution in [3.8, 4) is 11.6 Å². The molecule has 1 amide bonds. The number of anilines is 1. The maximum atomic E-state index is 12.3. The monoisotopic (exact) mass is 464 g/mol. The van der Waals surface area contributed by atoms with Crippen molar-refractivity contribution in [3.05, 3.63) is 76.6 Å². The first kappa shape index (κ1) is 22.1. The van der Waals surface area contributed by atoms with E-state index in [0.29, 0.717) is 0 Å². The van der Waals surface area contributed by atoms with Gasteiger partial charge in [-0.3, -0.25) is 20.2 Å². The summed E-state index contributed by atoms with van der Waals surface area (Å²) in [6, 6.07) is 14.6. The molecule has 0 bridgehead atoms. The van der Waals surface area contributed by atoms with Crippen LogP contribution in [0, 0.1) is 10.1 Å². The van der Waals surface area contributed by atoms with Crippen molar-refractivity contribution in [3.63, 3.8) is 0 Å². The normalized spacial score (nSPS) is 10.6. The van der Waals surface area contributed by atoms with Crippen LogP contribution >= 0.6 is 0 Å². The van der Waals surface area contributed by atoms with Gasteiger partial charge in [0.05, 0.1) is 11.3 Å². The van der Waals surface area contributed by atoms with Crippen molar-refractivity contribution >= 4 is 34.9 Å². The zero-order chi connectivity index (χ0) is 24.1. The lowest BCUT2D eigenvalue weighted by molar-refractivity contribution is -0.385. The molecule has 0 saturated heterocycles. The van der Waals surface area contributed by atoms with Crippen LogP contribution < -0.4 is 10.1 Å². The number of hydrogen-bond donors (Lipinski definition) is 2. The summed E-state index contributed by atoms with van der Waals surface area (Å²) in [5, 5.41) is 22.8. The van der Waals surface area contributed by atoms with Crippen molar-refractivity contribution in [1.29, 1.82) is 0 Å². The van der Waals surface area contributed by atoms with Crippen LogP contribution in [-0.2, 0) is 22.7 Å². The maximum Gasteiger partial charge on any atom is 0.414 e. The second kappa shape index (κ2) is 9.60. The number of nitro groups is 1. The van der Waals surface area contributed by atoms with Gasteiger partial charge in [0.15, 0.2) is 11.2 Å². The molecule has 2 N–H and O–H groups in total. The fraction of sp³-hybridized carbons (Fsp3) is 0.0952. The van der Waals surface area contributed by atoms with E-state index in [1.165, 1.54) is 35.2 Å². The van der Waals surface area contributed by atoms with Gasteiger partial charge in [0.2, 0.25) is 11.7 Å². The number of rotatable bonds is 8. The lowest BCUT2D eigenvalue weighted by Gasteiger charge is -2.10. The van der Waals surface area contributed by atoms with E-state index in [0.717, 1.165) is 5.56 Å². The third-order valence-corrected chi connectivity index (χ3v) is 4.43. The minimum Gasteiger partial charge on any atom is -0.480 e. The van der Waals surface area contributed by atoms with Crippen molar-refractivity contribution in [2.24, 2.45) is 0 Å². The van der Waals surface area contributed by atoms with E-state index in [1.54, 1.807) is 24.3 Å². The number of para-hydroxylation sites is 2. The summed E-state index contributed by atoms with van der Waals surface area (Å²) in [5.41, 5.74) is 0.511. The number of benzene rings is 2. The molecule has 0 atom stereocenters. The zero-order valence-corrected chi connectivity index (χ0v) is 17.3. The molecule has 4 aromatic rings. The van der Waals surface area contributed by atoms with Crippen LogP contribution in [0.3, 0.4) is 0 Å². The predicted octanol–water partition coefficient (Wildman–Crippen LogP) is 3.36. The number of carboxylic acid groups (broad SMARTS) is 1. The Kier molecular flexibility index (Phi) is 6.25. The lowest BCUT2D eigenvalue weighted by Crippen LogP contribution is -2.16. The molecule has 2 heterocycles. The van der Waals surface area contributed by atoms with E-state index in [9.17, 15) is 19.7 Å². The summed E-state index contributed by atoms with van der Waals surface area (Å²) >= 11 is 0. The van der Waals surface area contributed by atoms with Crippen LogP contribution in [0.1, 0.15) is 5.56 Å². The number of carbonyl (C=O) groups excluding carboxylic acids is 1. The summed E-state index contributed by atoms with van der Waals surface area (Å²) in [5.74, 6) is -1.78. The fourth-order valence-electron chi connectivity index (χ4n) is 2.96. The molecule has 0 fully saturated rings. The molecule has 2 aromatic heterocycles. The number of amides is 1. The van der Waals surface area contributed by atoms with Gasteiger partial charge in [0.1, 0.15) is 13.2 Å². The number of carboxylic acids is 1. The van der Waals surface area contributed by atoms with Crippen LogP contribution in [0.4, 0.5) is 16.4 Å². The van der Waals surface area contributed by atoms with Gasteiger partial charge in [-0.2, -0.15) is 9.97 Å². The van der Waals surface area contributed by atoms with Gasteiger partial charge in [-0.1, -0.05) is 42.5 Å². The van der Waals surface area contributed by atoms with E-state index in [-0.39, 0.29) is 41.0 Å². The fourth-order valence-corrected chi connectivity index (χ4v) is 2.96. The summed E-state index contributed by atoms with van der Waals surface area (Å²) in [6.45, 7) is -0.484. The highest BCUT2D eigenvalue weighted by Gasteiger charge is 2.21. The summed E-state index contributed by atoms with van der Waals surface area (Å²) in [7, 11) is 0. The first-order valence-corrected chi connectivity index (χ1v) is 9.74. The molecular formula is C21H16N6O7. The van der Waals surface area contributed by atoms with Crippen molar-refractivity contribution in [2.45, 2.75) is 13.2 Å². The van der Waals surface area contributed by atoms with Crippen LogP contribution in [-0.4, -0.2) is 41.6 Å². The van der Waals surface area contributed by atoms with E-state index in [4.69, 9.17) is 14.6 Å². The summed E-state index contributed by atoms with van der Waals surface area (Å²) in [6.07, 6.45) is 0.334. The molecular weight excluding hydrogens is 448 g/mol. The highest BCUT2D eigenvalue weighted by atomic mass is 16.6. The summed E-state index contributed by atoms with van der Waals surface area (Å²) in [4.78, 5) is 46.5. The van der Waals surface area contributed by atoms with Crippen LogP contribution in [0.25, 0.3) is 11.2 Å². The van der Waals surface area contributed by atoms with Gasteiger partial charge in [-0.25, -0.2) is 9.78 Å². The zero-order valence-electron chi connectivity index (χ0n) is 17.3. The van der Waals surface area contributed by atoms with Crippen molar-refractivity contribution in [1.82, 2.24) is 19.5 Å². The van der Waals surface area contributed by atoms with E-state index >= 15 is 0 Å². The Hall–Kier alpha value is -5.07. The molecule has 0 aliphatic carbocycles. The molecule has 0 aliphatic rings. The van der Waals surface area contributed by atoms with E-state index in [2.05, 4.69) is 20.3 Å². The van der Waals surface area contributed by atoms with E-state index < -0.39 is 23.5 Å². The highest BCUT2D eigenvalue weighted by molar-refractivity contribution is 5.85. The number of ether oxygens (including phenoxy) is 2. The number of aromatic nitrogens is 4. The molecule has 172 valence electrons. The minimum absolute atomic E-state index is 0.00850. The molecule has 0 unspecified atom stereocenters. The van der Waals surface area contributed by atoms with Crippen LogP contribution in [0.5, 0.6) is 11.6 Å². The molecule has 0 aliphatic heterocycles. The second-order valence-electron chi connectivity index (χ2n) is 6.80. The number of imidazole rings is 1. The Bertz CT molecular complexity index is 1370. The third-order valence-electron chi connectivity index (χ3n) is 4.43. The molecule has 13 nitrogen and oxygen atoms in total. The average molecular weight is 464 g/mol. The number of carbonyl (C=O) groups is 2. The maximum absolute atomic E-state index is 12.3. The number of aliphatic carboxylic acids is 1. The molecule has 34 heavy (non-hydrogen) atoms. The van der Waals surface area contributed by atoms with Crippen LogP contribution in [0.2, 0.25) is 0 Å². The summed E-state index contributed by atoms with van der Waals surface area (Å²) < 4.78 is 12.0. The Balaban J connectivity index is 1.66. The number of nitrogens with one attached hydrogen (secondary N) is 1. The Morgan fingerprint density at radius 3 is 2.56 bits per heavy atom. The SMILES string of the molecule is O=C(O)Cn1cnc2c(Oc3ccccc3[N+](=O)[O-])nc(NC(=O)OCc3ccccc3)nc21. The molecule has 0 saturated carbocycles. The highest BCUT2D eigenvalue weighted by Crippen LogP contribution is 2.33. The smallest absolute Gasteiger partial charge is 0.414 e. The quantitative estimate of drug-likeness (QED) is 0.291. The second-order valence-corrected chi connectivity index (χ2v) is 6.80. The number of fused-ring (bicyclic) bond motifs is 1. The molecule has 4 rings (SSSR count). The van der Waals surface area contributed by atoms with E-state index in [1.807, 2.05) is 6.07 Å². The Morgan fingerprint density at radius 1 is 1.09 bits per heavy atom. The largest absolute Gasteiger partial charge is 0.480 e. The predicted molar refractivity (Wildman–Crippen MR) is 116 cm³/mol. The topological polar surface area (TPSA) is 172 Å². The van der Waals surface area contributed by atoms with Gasteiger partial charge in [0, 0.05) is 6.07 Å². The van der Waals surface area contributed by atoms with Gasteiger partial charge >= 0.3 is 17.7 Å². The van der Waals surface area contributed by atoms with Crippen molar-refractivity contribution in [2.75, 3.05) is 5.32 Å². The minimum atomic E-state index is -1.16. The number of nitrogens with zero attached hydrogens (tertiary/aromatic N) is 5. The Labute approximate surface area is 190 Å². The lowest BCUT2D eigenvalue weighted by atomic mass is 10.2. The van der Waals surface area contributed by atoms with Crippen molar-refractivity contribution < 1.29 is 29.1 Å². The third kappa shape index (κ3) is 5.04.